The van der Waals surface area contributed by atoms with Crippen LogP contribution >= 0.6 is 8.20 Å². The topological polar surface area (TPSA) is 26.0 Å². The second-order valence-corrected chi connectivity index (χ2v) is 3.72. The van der Waals surface area contributed by atoms with E-state index in [0.29, 0.717) is 0 Å². The molecule has 0 aliphatic heterocycles. The average molecular weight is 187 g/mol. The van der Waals surface area contributed by atoms with Crippen LogP contribution in [0.15, 0.2) is 36.4 Å². The molecule has 2 N–H and O–H groups in total. The standard InChI is InChI=1S/C11H10NP/c1-13-11-7-9(12)6-8-4-2-3-5-10(8)11/h2-7H,1,12H2. The van der Waals surface area contributed by atoms with Crippen LogP contribution in [-0.4, -0.2) is 6.30 Å². The molecule has 0 unspecified atom stereocenters. The van der Waals surface area contributed by atoms with Crippen molar-refractivity contribution in [2.24, 2.45) is 0 Å². The Kier molecular flexibility index (Phi) is 2.03. The normalized spacial score (nSPS) is 10.8. The predicted octanol–water partition coefficient (Wildman–Crippen LogP) is 2.43. The maximum absolute atomic E-state index is 5.77. The number of benzene rings is 2. The van der Waals surface area contributed by atoms with E-state index in [1.807, 2.05) is 24.3 Å². The highest BCUT2D eigenvalue weighted by molar-refractivity contribution is 7.46. The van der Waals surface area contributed by atoms with Crippen molar-refractivity contribution in [1.82, 2.24) is 0 Å². The fourth-order valence-corrected chi connectivity index (χ4v) is 2.06. The summed E-state index contributed by atoms with van der Waals surface area (Å²) in [6, 6.07) is 12.2. The number of hydrogen-bond donors (Lipinski definition) is 1. The molecule has 0 spiro atoms. The molecule has 2 aromatic rings. The van der Waals surface area contributed by atoms with Gasteiger partial charge in [-0.15, -0.1) is 0 Å². The number of hydrogen-bond acceptors (Lipinski definition) is 1. The Hall–Kier alpha value is -1.33. The van der Waals surface area contributed by atoms with E-state index < -0.39 is 0 Å². The third kappa shape index (κ3) is 1.43. The second-order valence-electron chi connectivity index (χ2n) is 2.92. The number of rotatable bonds is 1. The molecule has 2 aromatic carbocycles. The lowest BCUT2D eigenvalue weighted by atomic mass is 10.1. The van der Waals surface area contributed by atoms with E-state index in [1.54, 1.807) is 0 Å². The minimum Gasteiger partial charge on any atom is -0.399 e. The number of fused-ring (bicyclic) bond motifs is 1. The summed E-state index contributed by atoms with van der Waals surface area (Å²) in [5.74, 6) is 0. The van der Waals surface area contributed by atoms with Crippen LogP contribution in [0.4, 0.5) is 5.69 Å². The van der Waals surface area contributed by atoms with Crippen LogP contribution in [0.5, 0.6) is 0 Å². The van der Waals surface area contributed by atoms with Gasteiger partial charge in [-0.3, -0.25) is 0 Å². The molecule has 0 radical (unpaired) electrons. The molecule has 0 aliphatic rings. The highest BCUT2D eigenvalue weighted by Crippen LogP contribution is 2.18. The molecule has 1 nitrogen and oxygen atoms in total. The summed E-state index contributed by atoms with van der Waals surface area (Å²) in [5, 5.41) is 3.62. The molecule has 64 valence electrons. The van der Waals surface area contributed by atoms with Crippen molar-refractivity contribution in [3.05, 3.63) is 36.4 Å². The van der Waals surface area contributed by atoms with Gasteiger partial charge in [-0.05, 0) is 22.9 Å². The van der Waals surface area contributed by atoms with Gasteiger partial charge >= 0.3 is 0 Å². The first-order valence-corrected chi connectivity index (χ1v) is 5.14. The van der Waals surface area contributed by atoms with Gasteiger partial charge in [-0.1, -0.05) is 38.8 Å². The fraction of sp³-hybridized carbons (Fsp3) is 0. The van der Waals surface area contributed by atoms with Crippen molar-refractivity contribution in [2.45, 2.75) is 0 Å². The summed E-state index contributed by atoms with van der Waals surface area (Å²) >= 11 is 0. The maximum Gasteiger partial charge on any atom is 0.0329 e. The molecular formula is C11H10NP. The van der Waals surface area contributed by atoms with Crippen LogP contribution < -0.4 is 11.0 Å². The van der Waals surface area contributed by atoms with Gasteiger partial charge in [0.2, 0.25) is 0 Å². The molecule has 0 aliphatic carbocycles. The van der Waals surface area contributed by atoms with E-state index in [2.05, 4.69) is 18.4 Å². The van der Waals surface area contributed by atoms with Crippen molar-refractivity contribution in [2.75, 3.05) is 5.73 Å². The van der Waals surface area contributed by atoms with E-state index in [0.717, 1.165) is 13.9 Å². The third-order valence-electron chi connectivity index (χ3n) is 2.03. The molecule has 0 amide bonds. The maximum atomic E-state index is 5.77. The first kappa shape index (κ1) is 8.28. The molecule has 0 saturated heterocycles. The van der Waals surface area contributed by atoms with E-state index in [1.165, 1.54) is 16.1 Å². The minimum absolute atomic E-state index is 0.810. The summed E-state index contributed by atoms with van der Waals surface area (Å²) < 4.78 is 0. The Balaban J connectivity index is 2.89. The second kappa shape index (κ2) is 3.20. The van der Waals surface area contributed by atoms with Crippen molar-refractivity contribution in [1.29, 1.82) is 0 Å². The molecule has 2 heteroatoms. The average Bonchev–Trinajstić information content (AvgIpc) is 2.16. The summed E-state index contributed by atoms with van der Waals surface area (Å²) in [6.45, 7) is 0. The highest BCUT2D eigenvalue weighted by Gasteiger charge is 1.98. The van der Waals surface area contributed by atoms with Crippen LogP contribution in [-0.2, 0) is 0 Å². The highest BCUT2D eigenvalue weighted by atomic mass is 31.1. The molecule has 0 heterocycles. The molecule has 13 heavy (non-hydrogen) atoms. The van der Waals surface area contributed by atoms with E-state index in [4.69, 9.17) is 5.73 Å². The van der Waals surface area contributed by atoms with Crippen molar-refractivity contribution >= 4 is 36.3 Å². The van der Waals surface area contributed by atoms with Crippen LogP contribution in [0.3, 0.4) is 0 Å². The Morgan fingerprint density at radius 3 is 2.69 bits per heavy atom. The molecule has 0 aromatic heterocycles. The molecule has 0 bridgehead atoms. The number of nitrogens with two attached hydrogens (primary N) is 1. The van der Waals surface area contributed by atoms with Crippen molar-refractivity contribution in [3.8, 4) is 0 Å². The van der Waals surface area contributed by atoms with Crippen molar-refractivity contribution in [3.63, 3.8) is 0 Å². The summed E-state index contributed by atoms with van der Waals surface area (Å²) in [7, 11) is 1.02. The third-order valence-corrected chi connectivity index (χ3v) is 2.74. The van der Waals surface area contributed by atoms with E-state index >= 15 is 0 Å². The molecular weight excluding hydrogens is 177 g/mol. The van der Waals surface area contributed by atoms with Crippen LogP contribution in [0.2, 0.25) is 0 Å². The molecule has 0 saturated carbocycles. The van der Waals surface area contributed by atoms with Gasteiger partial charge in [-0.2, -0.15) is 0 Å². The summed E-state index contributed by atoms with van der Waals surface area (Å²) in [5.41, 5.74) is 6.58. The number of anilines is 1. The smallest absolute Gasteiger partial charge is 0.0329 e. The Bertz CT molecular complexity index is 463. The Morgan fingerprint density at radius 1 is 1.15 bits per heavy atom. The SMILES string of the molecule is C=Pc1cc(N)cc2ccccc12. The van der Waals surface area contributed by atoms with Gasteiger partial charge in [0.25, 0.3) is 0 Å². The minimum atomic E-state index is 0.810. The Morgan fingerprint density at radius 2 is 1.92 bits per heavy atom. The lowest BCUT2D eigenvalue weighted by Crippen LogP contribution is -1.97. The van der Waals surface area contributed by atoms with Gasteiger partial charge in [0, 0.05) is 11.0 Å². The fourth-order valence-electron chi connectivity index (χ4n) is 1.44. The monoisotopic (exact) mass is 187 g/mol. The predicted molar refractivity (Wildman–Crippen MR) is 62.0 cm³/mol. The Labute approximate surface area is 79.0 Å². The van der Waals surface area contributed by atoms with Crippen LogP contribution in [0.1, 0.15) is 0 Å². The van der Waals surface area contributed by atoms with Gasteiger partial charge in [-0.25, -0.2) is 0 Å². The molecule has 0 atom stereocenters. The first-order valence-electron chi connectivity index (χ1n) is 4.06. The first-order chi connectivity index (χ1) is 6.31. The zero-order valence-electron chi connectivity index (χ0n) is 7.20. The van der Waals surface area contributed by atoms with Crippen LogP contribution in [0.25, 0.3) is 10.8 Å². The largest absolute Gasteiger partial charge is 0.399 e. The van der Waals surface area contributed by atoms with Crippen molar-refractivity contribution < 1.29 is 0 Å². The van der Waals surface area contributed by atoms with Gasteiger partial charge < -0.3 is 5.73 Å². The van der Waals surface area contributed by atoms with Gasteiger partial charge in [0.15, 0.2) is 0 Å². The summed E-state index contributed by atoms with van der Waals surface area (Å²) in [4.78, 5) is 0. The molecule has 2 rings (SSSR count). The van der Waals surface area contributed by atoms with Gasteiger partial charge in [0.1, 0.15) is 0 Å². The van der Waals surface area contributed by atoms with E-state index in [-0.39, 0.29) is 0 Å². The quantitative estimate of drug-likeness (QED) is 0.538. The lowest BCUT2D eigenvalue weighted by molar-refractivity contribution is 1.76. The van der Waals surface area contributed by atoms with Gasteiger partial charge in [0.05, 0.1) is 0 Å². The zero-order valence-corrected chi connectivity index (χ0v) is 8.09. The van der Waals surface area contributed by atoms with Crippen LogP contribution in [0, 0.1) is 0 Å². The van der Waals surface area contributed by atoms with E-state index in [9.17, 15) is 0 Å². The number of nitrogen functional groups attached to an aromatic ring is 1. The molecule has 0 fully saturated rings. The zero-order chi connectivity index (χ0) is 9.26. The lowest BCUT2D eigenvalue weighted by Gasteiger charge is -2.02. The summed E-state index contributed by atoms with van der Waals surface area (Å²) in [6.07, 6.45) is 3.86.